The van der Waals surface area contributed by atoms with Crippen molar-refractivity contribution < 1.29 is 4.79 Å². The summed E-state index contributed by atoms with van der Waals surface area (Å²) in [4.78, 5) is 17.9. The molecule has 1 N–H and O–H groups in total. The predicted octanol–water partition coefficient (Wildman–Crippen LogP) is 5.60. The smallest absolute Gasteiger partial charge is 0.226 e. The van der Waals surface area contributed by atoms with E-state index in [1.54, 1.807) is 34.8 Å². The van der Waals surface area contributed by atoms with Crippen LogP contribution in [0.25, 0.3) is 9.88 Å². The third kappa shape index (κ3) is 4.16. The van der Waals surface area contributed by atoms with Crippen molar-refractivity contribution in [2.75, 3.05) is 0 Å². The van der Waals surface area contributed by atoms with Gasteiger partial charge in [0.15, 0.2) is 0 Å². The lowest BCUT2D eigenvalue weighted by Crippen LogP contribution is -2.28. The molecule has 3 rings (SSSR count). The molecule has 0 bridgehead atoms. The van der Waals surface area contributed by atoms with Crippen LogP contribution in [0.5, 0.6) is 0 Å². The van der Waals surface area contributed by atoms with Gasteiger partial charge in [-0.25, -0.2) is 4.98 Å². The second kappa shape index (κ2) is 7.66. The number of nitrogens with one attached hydrogen (secondary N) is 1. The van der Waals surface area contributed by atoms with Gasteiger partial charge >= 0.3 is 0 Å². The van der Waals surface area contributed by atoms with Gasteiger partial charge in [0.25, 0.3) is 0 Å². The van der Waals surface area contributed by atoms with E-state index >= 15 is 0 Å². The lowest BCUT2D eigenvalue weighted by Gasteiger charge is -2.15. The zero-order valence-electron chi connectivity index (χ0n) is 12.8. The molecule has 7 heteroatoms. The molecule has 0 aliphatic rings. The summed E-state index contributed by atoms with van der Waals surface area (Å²) in [5.41, 5.74) is 1.61. The molecule has 2 heterocycles. The van der Waals surface area contributed by atoms with E-state index in [2.05, 4.69) is 10.3 Å². The summed E-state index contributed by atoms with van der Waals surface area (Å²) in [6.07, 6.45) is 0.247. The molecule has 3 nitrogen and oxygen atoms in total. The SMILES string of the molecule is CC(NC(=O)Cc1csc(-c2cccs2)n1)c1ccc(Cl)cc1Cl. The zero-order valence-corrected chi connectivity index (χ0v) is 15.9. The zero-order chi connectivity index (χ0) is 17.1. The number of carbonyl (C=O) groups is 1. The van der Waals surface area contributed by atoms with Crippen molar-refractivity contribution in [3.63, 3.8) is 0 Å². The maximum Gasteiger partial charge on any atom is 0.226 e. The molecule has 0 spiro atoms. The van der Waals surface area contributed by atoms with E-state index in [0.29, 0.717) is 10.0 Å². The molecule has 0 fully saturated rings. The molecule has 0 aliphatic carbocycles. The first-order valence-electron chi connectivity index (χ1n) is 7.25. The van der Waals surface area contributed by atoms with Gasteiger partial charge in [-0.05, 0) is 36.1 Å². The molecule has 0 saturated heterocycles. The van der Waals surface area contributed by atoms with Crippen LogP contribution in [0.15, 0.2) is 41.1 Å². The summed E-state index contributed by atoms with van der Waals surface area (Å²) in [6.45, 7) is 1.89. The fourth-order valence-corrected chi connectivity index (χ4v) is 4.50. The number of hydrogen-bond acceptors (Lipinski definition) is 4. The Morgan fingerprint density at radius 1 is 1.29 bits per heavy atom. The Morgan fingerprint density at radius 3 is 2.83 bits per heavy atom. The second-order valence-electron chi connectivity index (χ2n) is 5.25. The van der Waals surface area contributed by atoms with E-state index in [0.717, 1.165) is 21.1 Å². The molecule has 24 heavy (non-hydrogen) atoms. The number of carbonyl (C=O) groups excluding carboxylic acids is 1. The highest BCUT2D eigenvalue weighted by Gasteiger charge is 2.15. The number of thiazole rings is 1. The van der Waals surface area contributed by atoms with Crippen LogP contribution in [0.2, 0.25) is 10.0 Å². The van der Waals surface area contributed by atoms with Crippen molar-refractivity contribution in [1.29, 1.82) is 0 Å². The number of benzene rings is 1. The molecule has 1 atom stereocenters. The largest absolute Gasteiger partial charge is 0.349 e. The molecule has 3 aromatic rings. The monoisotopic (exact) mass is 396 g/mol. The number of amides is 1. The third-order valence-electron chi connectivity index (χ3n) is 3.43. The van der Waals surface area contributed by atoms with E-state index in [-0.39, 0.29) is 18.4 Å². The third-order valence-corrected chi connectivity index (χ3v) is 5.92. The quantitative estimate of drug-likeness (QED) is 0.609. The van der Waals surface area contributed by atoms with Crippen molar-refractivity contribution in [1.82, 2.24) is 10.3 Å². The molecule has 124 valence electrons. The van der Waals surface area contributed by atoms with Gasteiger partial charge in [-0.2, -0.15) is 0 Å². The highest BCUT2D eigenvalue weighted by molar-refractivity contribution is 7.20. The molecule has 0 aliphatic heterocycles. The number of nitrogens with zero attached hydrogens (tertiary/aromatic N) is 1. The minimum atomic E-state index is -0.197. The minimum absolute atomic E-state index is 0.0865. The van der Waals surface area contributed by atoms with Gasteiger partial charge in [0.2, 0.25) is 5.91 Å². The molecular weight excluding hydrogens is 383 g/mol. The number of halogens is 2. The molecule has 1 aromatic carbocycles. The number of hydrogen-bond donors (Lipinski definition) is 1. The summed E-state index contributed by atoms with van der Waals surface area (Å²) in [7, 11) is 0. The highest BCUT2D eigenvalue weighted by Crippen LogP contribution is 2.28. The van der Waals surface area contributed by atoms with Gasteiger partial charge in [0.05, 0.1) is 23.0 Å². The molecule has 1 unspecified atom stereocenters. The first-order valence-corrected chi connectivity index (χ1v) is 9.77. The van der Waals surface area contributed by atoms with Crippen LogP contribution in [0, 0.1) is 0 Å². The van der Waals surface area contributed by atoms with Crippen molar-refractivity contribution in [2.24, 2.45) is 0 Å². The Hall–Kier alpha value is -1.40. The lowest BCUT2D eigenvalue weighted by molar-refractivity contribution is -0.121. The van der Waals surface area contributed by atoms with Crippen molar-refractivity contribution >= 4 is 51.8 Å². The van der Waals surface area contributed by atoms with Crippen LogP contribution < -0.4 is 5.32 Å². The normalized spacial score (nSPS) is 12.1. The van der Waals surface area contributed by atoms with Gasteiger partial charge < -0.3 is 5.32 Å². The summed E-state index contributed by atoms with van der Waals surface area (Å²) >= 11 is 15.3. The molecular formula is C17H14Cl2N2OS2. The molecule has 0 radical (unpaired) electrons. The van der Waals surface area contributed by atoms with Gasteiger partial charge in [0.1, 0.15) is 5.01 Å². The maximum atomic E-state index is 12.3. The summed E-state index contributed by atoms with van der Waals surface area (Å²) in [5, 5.41) is 8.96. The Morgan fingerprint density at radius 2 is 2.12 bits per heavy atom. The van der Waals surface area contributed by atoms with Crippen molar-refractivity contribution in [3.05, 3.63) is 62.4 Å². The first kappa shape index (κ1) is 17.4. The van der Waals surface area contributed by atoms with Gasteiger partial charge in [-0.15, -0.1) is 22.7 Å². The van der Waals surface area contributed by atoms with Gasteiger partial charge in [-0.3, -0.25) is 4.79 Å². The number of aromatic nitrogens is 1. The Bertz CT molecular complexity index is 846. The van der Waals surface area contributed by atoms with Crippen molar-refractivity contribution in [3.8, 4) is 9.88 Å². The summed E-state index contributed by atoms with van der Waals surface area (Å²) < 4.78 is 0. The summed E-state index contributed by atoms with van der Waals surface area (Å²) in [5.74, 6) is -0.0865. The predicted molar refractivity (Wildman–Crippen MR) is 102 cm³/mol. The van der Waals surface area contributed by atoms with Crippen molar-refractivity contribution in [2.45, 2.75) is 19.4 Å². The summed E-state index contributed by atoms with van der Waals surface area (Å²) in [6, 6.07) is 9.09. The van der Waals surface area contributed by atoms with Gasteiger partial charge in [0, 0.05) is 15.4 Å². The van der Waals surface area contributed by atoms with E-state index in [4.69, 9.17) is 23.2 Å². The van der Waals surface area contributed by atoms with E-state index < -0.39 is 0 Å². The van der Waals surface area contributed by atoms with Crippen LogP contribution in [0.4, 0.5) is 0 Å². The Kier molecular flexibility index (Phi) is 5.56. The maximum absolute atomic E-state index is 12.3. The second-order valence-corrected chi connectivity index (χ2v) is 7.90. The number of rotatable bonds is 5. The minimum Gasteiger partial charge on any atom is -0.349 e. The topological polar surface area (TPSA) is 42.0 Å². The van der Waals surface area contributed by atoms with Crippen LogP contribution in [0.3, 0.4) is 0 Å². The Balaban J connectivity index is 1.63. The lowest BCUT2D eigenvalue weighted by atomic mass is 10.1. The molecule has 1 amide bonds. The molecule has 0 saturated carbocycles. The van der Waals surface area contributed by atoms with E-state index in [9.17, 15) is 4.79 Å². The average Bonchev–Trinajstić information content (AvgIpc) is 3.17. The highest BCUT2D eigenvalue weighted by atomic mass is 35.5. The van der Waals surface area contributed by atoms with Gasteiger partial charge in [-0.1, -0.05) is 35.3 Å². The standard InChI is InChI=1S/C17H14Cl2N2OS2/c1-10(13-5-4-11(18)7-14(13)19)20-16(22)8-12-9-24-17(21-12)15-3-2-6-23-15/h2-7,9-10H,8H2,1H3,(H,20,22). The van der Waals surface area contributed by atoms with Crippen LogP contribution in [-0.4, -0.2) is 10.9 Å². The first-order chi connectivity index (χ1) is 11.5. The fourth-order valence-electron chi connectivity index (χ4n) is 2.29. The molecule has 2 aromatic heterocycles. The van der Waals surface area contributed by atoms with Crippen LogP contribution >= 0.6 is 45.9 Å². The number of thiophene rings is 1. The fraction of sp³-hybridized carbons (Fsp3) is 0.176. The van der Waals surface area contributed by atoms with Crippen LogP contribution in [-0.2, 0) is 11.2 Å². The van der Waals surface area contributed by atoms with E-state index in [1.165, 1.54) is 0 Å². The average molecular weight is 397 g/mol. The Labute approximate surface area is 158 Å². The van der Waals surface area contributed by atoms with E-state index in [1.807, 2.05) is 35.9 Å². The van der Waals surface area contributed by atoms with Crippen LogP contribution in [0.1, 0.15) is 24.2 Å².